The van der Waals surface area contributed by atoms with E-state index in [0.29, 0.717) is 19.0 Å². The van der Waals surface area contributed by atoms with E-state index in [1.165, 1.54) is 6.42 Å². The molecule has 0 bridgehead atoms. The maximum atomic E-state index is 12.5. The average Bonchev–Trinajstić information content (AvgIpc) is 2.42. The maximum Gasteiger partial charge on any atom is 0.226 e. The molecule has 18 heavy (non-hydrogen) atoms. The first-order valence-corrected chi connectivity index (χ1v) is 7.34. The van der Waals surface area contributed by atoms with Gasteiger partial charge in [-0.1, -0.05) is 26.2 Å². The van der Waals surface area contributed by atoms with Crippen LogP contribution in [0.25, 0.3) is 0 Å². The number of aliphatic hydroxyl groups is 1. The van der Waals surface area contributed by atoms with E-state index in [9.17, 15) is 4.79 Å². The van der Waals surface area contributed by atoms with Gasteiger partial charge in [0, 0.05) is 19.0 Å². The highest BCUT2D eigenvalue weighted by Crippen LogP contribution is 2.30. The summed E-state index contributed by atoms with van der Waals surface area (Å²) in [6.45, 7) is 4.01. The quantitative estimate of drug-likeness (QED) is 0.723. The Kier molecular flexibility index (Phi) is 7.28. The predicted molar refractivity (Wildman–Crippen MR) is 73.1 cm³/mol. The Bertz CT molecular complexity index is 246. The number of nitrogens with two attached hydrogens (primary N) is 1. The fraction of sp³-hybridized carbons (Fsp3) is 0.929. The summed E-state index contributed by atoms with van der Waals surface area (Å²) in [5.74, 6) is 0.647. The number of aliphatic hydroxyl groups excluding tert-OH is 1. The number of hydrogen-bond acceptors (Lipinski definition) is 3. The van der Waals surface area contributed by atoms with Crippen LogP contribution in [0.15, 0.2) is 0 Å². The van der Waals surface area contributed by atoms with Gasteiger partial charge in [0.2, 0.25) is 5.91 Å². The van der Waals surface area contributed by atoms with Crippen LogP contribution in [0.1, 0.15) is 45.4 Å². The van der Waals surface area contributed by atoms with Gasteiger partial charge in [-0.3, -0.25) is 4.79 Å². The zero-order chi connectivity index (χ0) is 13.4. The number of hydrogen-bond donors (Lipinski definition) is 2. The fourth-order valence-corrected chi connectivity index (χ4v) is 2.85. The number of amides is 1. The molecule has 4 heteroatoms. The Morgan fingerprint density at radius 2 is 2.06 bits per heavy atom. The molecular weight excluding hydrogens is 228 g/mol. The Hall–Kier alpha value is -0.610. The summed E-state index contributed by atoms with van der Waals surface area (Å²) in [5, 5.41) is 9.09. The molecule has 0 radical (unpaired) electrons. The summed E-state index contributed by atoms with van der Waals surface area (Å²) >= 11 is 0. The van der Waals surface area contributed by atoms with Crippen molar-refractivity contribution in [2.45, 2.75) is 45.4 Å². The summed E-state index contributed by atoms with van der Waals surface area (Å²) in [4.78, 5) is 14.4. The molecule has 4 nitrogen and oxygen atoms in total. The van der Waals surface area contributed by atoms with Gasteiger partial charge in [0.1, 0.15) is 0 Å². The minimum atomic E-state index is 0.0511. The first kappa shape index (κ1) is 15.4. The van der Waals surface area contributed by atoms with Crippen LogP contribution in [0.4, 0.5) is 0 Å². The molecule has 0 spiro atoms. The first-order chi connectivity index (χ1) is 8.74. The van der Waals surface area contributed by atoms with Crippen LogP contribution in [-0.2, 0) is 4.79 Å². The smallest absolute Gasteiger partial charge is 0.226 e. The molecule has 0 saturated heterocycles. The van der Waals surface area contributed by atoms with E-state index < -0.39 is 0 Å². The fourth-order valence-electron chi connectivity index (χ4n) is 2.85. The summed E-state index contributed by atoms with van der Waals surface area (Å²) in [7, 11) is 0. The minimum Gasteiger partial charge on any atom is -0.395 e. The van der Waals surface area contributed by atoms with Crippen molar-refractivity contribution in [3.8, 4) is 0 Å². The van der Waals surface area contributed by atoms with Crippen molar-refractivity contribution in [1.82, 2.24) is 4.90 Å². The lowest BCUT2D eigenvalue weighted by atomic mass is 9.78. The first-order valence-electron chi connectivity index (χ1n) is 7.34. The highest BCUT2D eigenvalue weighted by atomic mass is 16.3. The highest BCUT2D eigenvalue weighted by Gasteiger charge is 2.32. The molecule has 1 fully saturated rings. The molecule has 1 aliphatic rings. The molecule has 0 aliphatic heterocycles. The Labute approximate surface area is 111 Å². The van der Waals surface area contributed by atoms with Crippen LogP contribution in [0.3, 0.4) is 0 Å². The molecule has 1 amide bonds. The molecule has 0 aromatic heterocycles. The summed E-state index contributed by atoms with van der Waals surface area (Å²) in [6.07, 6.45) is 6.45. The number of unbranched alkanes of at least 4 members (excludes halogenated alkanes) is 1. The predicted octanol–water partition coefficient (Wildman–Crippen LogP) is 1.37. The topological polar surface area (TPSA) is 66.6 Å². The van der Waals surface area contributed by atoms with Gasteiger partial charge in [-0.05, 0) is 31.7 Å². The van der Waals surface area contributed by atoms with Crippen LogP contribution in [0, 0.1) is 11.8 Å². The summed E-state index contributed by atoms with van der Waals surface area (Å²) in [5.41, 5.74) is 5.79. The largest absolute Gasteiger partial charge is 0.395 e. The lowest BCUT2D eigenvalue weighted by Crippen LogP contribution is -2.43. The molecule has 1 saturated carbocycles. The average molecular weight is 256 g/mol. The number of nitrogens with zero attached hydrogens (tertiary/aromatic N) is 1. The second kappa shape index (κ2) is 8.48. The minimum absolute atomic E-state index is 0.0511. The second-order valence-electron chi connectivity index (χ2n) is 5.29. The molecule has 0 aromatic rings. The molecule has 3 N–H and O–H groups in total. The Morgan fingerprint density at radius 1 is 1.33 bits per heavy atom. The number of carbonyl (C=O) groups is 1. The lowest BCUT2D eigenvalue weighted by Gasteiger charge is -2.34. The van der Waals surface area contributed by atoms with Crippen molar-refractivity contribution in [3.05, 3.63) is 0 Å². The zero-order valence-corrected chi connectivity index (χ0v) is 11.6. The third-order valence-corrected chi connectivity index (χ3v) is 3.99. The van der Waals surface area contributed by atoms with Gasteiger partial charge in [0.25, 0.3) is 0 Å². The van der Waals surface area contributed by atoms with Gasteiger partial charge >= 0.3 is 0 Å². The van der Waals surface area contributed by atoms with Crippen molar-refractivity contribution in [2.24, 2.45) is 17.6 Å². The van der Waals surface area contributed by atoms with Gasteiger partial charge in [-0.2, -0.15) is 0 Å². The highest BCUT2D eigenvalue weighted by molar-refractivity contribution is 5.79. The van der Waals surface area contributed by atoms with Crippen molar-refractivity contribution in [2.75, 3.05) is 26.2 Å². The number of carbonyl (C=O) groups excluding carboxylic acids is 1. The molecule has 1 rings (SSSR count). The normalized spacial score (nSPS) is 23.9. The van der Waals surface area contributed by atoms with E-state index in [0.717, 1.165) is 38.6 Å². The van der Waals surface area contributed by atoms with Gasteiger partial charge in [-0.15, -0.1) is 0 Å². The molecule has 2 atom stereocenters. The monoisotopic (exact) mass is 256 g/mol. The van der Waals surface area contributed by atoms with E-state index in [2.05, 4.69) is 6.92 Å². The van der Waals surface area contributed by atoms with Crippen LogP contribution in [-0.4, -0.2) is 42.2 Å². The van der Waals surface area contributed by atoms with Gasteiger partial charge in [-0.25, -0.2) is 0 Å². The van der Waals surface area contributed by atoms with Crippen LogP contribution in [0.2, 0.25) is 0 Å². The summed E-state index contributed by atoms with van der Waals surface area (Å²) in [6, 6.07) is 0. The molecule has 1 aliphatic carbocycles. The lowest BCUT2D eigenvalue weighted by molar-refractivity contribution is -0.139. The van der Waals surface area contributed by atoms with Crippen molar-refractivity contribution in [1.29, 1.82) is 0 Å². The standard InChI is InChI=1S/C14H28N2O2/c1-2-3-8-16(9-10-17)14(18)13-7-5-4-6-12(13)11-15/h12-13,17H,2-11,15H2,1H3. The van der Waals surface area contributed by atoms with Crippen molar-refractivity contribution in [3.63, 3.8) is 0 Å². The van der Waals surface area contributed by atoms with Crippen LogP contribution >= 0.6 is 0 Å². The molecule has 2 unspecified atom stereocenters. The van der Waals surface area contributed by atoms with E-state index in [1.807, 2.05) is 4.90 Å². The van der Waals surface area contributed by atoms with Crippen LogP contribution < -0.4 is 5.73 Å². The third kappa shape index (κ3) is 4.25. The Balaban J connectivity index is 2.61. The van der Waals surface area contributed by atoms with E-state index >= 15 is 0 Å². The SMILES string of the molecule is CCCCN(CCO)C(=O)C1CCCCC1CN. The van der Waals surface area contributed by atoms with E-state index in [4.69, 9.17) is 10.8 Å². The summed E-state index contributed by atoms with van der Waals surface area (Å²) < 4.78 is 0. The molecule has 0 aromatic carbocycles. The van der Waals surface area contributed by atoms with Gasteiger partial charge in [0.05, 0.1) is 6.61 Å². The molecule has 0 heterocycles. The third-order valence-electron chi connectivity index (χ3n) is 3.99. The molecular formula is C14H28N2O2. The zero-order valence-electron chi connectivity index (χ0n) is 11.6. The van der Waals surface area contributed by atoms with Crippen molar-refractivity contribution >= 4 is 5.91 Å². The number of rotatable bonds is 7. The van der Waals surface area contributed by atoms with Gasteiger partial charge in [0.15, 0.2) is 0 Å². The van der Waals surface area contributed by atoms with Crippen molar-refractivity contribution < 1.29 is 9.90 Å². The maximum absolute atomic E-state index is 12.5. The second-order valence-corrected chi connectivity index (χ2v) is 5.29. The Morgan fingerprint density at radius 3 is 2.67 bits per heavy atom. The van der Waals surface area contributed by atoms with Crippen LogP contribution in [0.5, 0.6) is 0 Å². The van der Waals surface area contributed by atoms with E-state index in [1.54, 1.807) is 0 Å². The molecule has 106 valence electrons. The van der Waals surface area contributed by atoms with E-state index in [-0.39, 0.29) is 18.4 Å². The van der Waals surface area contributed by atoms with Gasteiger partial charge < -0.3 is 15.7 Å².